The molecule has 0 bridgehead atoms. The van der Waals surface area contributed by atoms with E-state index in [1.807, 2.05) is 36.9 Å². The van der Waals surface area contributed by atoms with Gasteiger partial charge in [-0.2, -0.15) is 5.10 Å². The Morgan fingerprint density at radius 1 is 1.05 bits per heavy atom. The number of nitrogens with zero attached hydrogens (tertiary/aromatic N) is 3. The van der Waals surface area contributed by atoms with Crippen molar-refractivity contribution in [2.45, 2.75) is 27.3 Å². The Morgan fingerprint density at radius 2 is 1.86 bits per heavy atom. The molecule has 4 heteroatoms. The molecule has 0 amide bonds. The molecule has 0 saturated heterocycles. The van der Waals surface area contributed by atoms with E-state index in [0.29, 0.717) is 6.54 Å². The molecule has 3 aromatic rings. The van der Waals surface area contributed by atoms with Crippen molar-refractivity contribution in [3.63, 3.8) is 0 Å². The molecule has 0 radical (unpaired) electrons. The van der Waals surface area contributed by atoms with Crippen molar-refractivity contribution in [1.29, 1.82) is 0 Å². The molecule has 22 heavy (non-hydrogen) atoms. The van der Waals surface area contributed by atoms with Gasteiger partial charge in [-0.1, -0.05) is 12.1 Å². The minimum absolute atomic E-state index is 0.543. The summed E-state index contributed by atoms with van der Waals surface area (Å²) in [6.45, 7) is 6.61. The Kier molecular flexibility index (Phi) is 3.77. The van der Waals surface area contributed by atoms with Gasteiger partial charge in [-0.25, -0.2) is 4.68 Å². The second kappa shape index (κ2) is 5.73. The van der Waals surface area contributed by atoms with Crippen LogP contribution in [0.25, 0.3) is 16.9 Å². The monoisotopic (exact) mass is 292 g/mol. The first-order valence-electron chi connectivity index (χ1n) is 7.39. The molecule has 0 unspecified atom stereocenters. The van der Waals surface area contributed by atoms with Crippen LogP contribution < -0.4 is 5.73 Å². The lowest BCUT2D eigenvalue weighted by atomic mass is 10.0. The summed E-state index contributed by atoms with van der Waals surface area (Å²) >= 11 is 0. The minimum atomic E-state index is 0.543. The molecule has 1 aromatic carbocycles. The number of aryl methyl sites for hydroxylation is 3. The van der Waals surface area contributed by atoms with Crippen LogP contribution in [0.15, 0.2) is 42.6 Å². The Hall–Kier alpha value is -2.46. The molecule has 112 valence electrons. The van der Waals surface area contributed by atoms with Crippen molar-refractivity contribution >= 4 is 0 Å². The van der Waals surface area contributed by atoms with E-state index in [4.69, 9.17) is 5.73 Å². The second-order valence-electron chi connectivity index (χ2n) is 5.55. The highest BCUT2D eigenvalue weighted by Crippen LogP contribution is 2.22. The summed E-state index contributed by atoms with van der Waals surface area (Å²) in [4.78, 5) is 4.49. The molecule has 2 aromatic heterocycles. The van der Waals surface area contributed by atoms with E-state index in [1.54, 1.807) is 0 Å². The predicted octanol–water partition coefficient (Wildman–Crippen LogP) is 3.32. The van der Waals surface area contributed by atoms with Gasteiger partial charge in [0, 0.05) is 24.0 Å². The van der Waals surface area contributed by atoms with Gasteiger partial charge in [0.1, 0.15) is 0 Å². The Balaban J connectivity index is 2.00. The fraction of sp³-hybridized carbons (Fsp3) is 0.222. The molecule has 0 spiro atoms. The van der Waals surface area contributed by atoms with Crippen LogP contribution in [0, 0.1) is 20.8 Å². The van der Waals surface area contributed by atoms with Crippen LogP contribution in [-0.2, 0) is 6.54 Å². The molecule has 0 aliphatic carbocycles. The van der Waals surface area contributed by atoms with Crippen LogP contribution >= 0.6 is 0 Å². The van der Waals surface area contributed by atoms with Crippen LogP contribution in [0.4, 0.5) is 0 Å². The predicted molar refractivity (Wildman–Crippen MR) is 88.9 cm³/mol. The Morgan fingerprint density at radius 3 is 2.59 bits per heavy atom. The van der Waals surface area contributed by atoms with Crippen LogP contribution in [0.1, 0.15) is 22.5 Å². The van der Waals surface area contributed by atoms with Gasteiger partial charge in [0.15, 0.2) is 0 Å². The highest BCUT2D eigenvalue weighted by molar-refractivity contribution is 5.61. The third kappa shape index (κ3) is 2.65. The zero-order valence-corrected chi connectivity index (χ0v) is 13.2. The molecule has 2 heterocycles. The van der Waals surface area contributed by atoms with Gasteiger partial charge < -0.3 is 5.73 Å². The maximum Gasteiger partial charge on any atom is 0.0927 e. The smallest absolute Gasteiger partial charge is 0.0927 e. The van der Waals surface area contributed by atoms with E-state index in [-0.39, 0.29) is 0 Å². The van der Waals surface area contributed by atoms with Crippen LogP contribution in [0.5, 0.6) is 0 Å². The van der Waals surface area contributed by atoms with Crippen molar-refractivity contribution < 1.29 is 0 Å². The number of rotatable bonds is 3. The molecule has 2 N–H and O–H groups in total. The summed E-state index contributed by atoms with van der Waals surface area (Å²) < 4.78 is 1.87. The number of benzene rings is 1. The van der Waals surface area contributed by atoms with Gasteiger partial charge in [-0.05, 0) is 56.2 Å². The number of hydrogen-bond donors (Lipinski definition) is 1. The summed E-state index contributed by atoms with van der Waals surface area (Å²) in [6.07, 6.45) is 1.97. The third-order valence-corrected chi connectivity index (χ3v) is 3.90. The largest absolute Gasteiger partial charge is 0.326 e. The van der Waals surface area contributed by atoms with E-state index in [1.165, 1.54) is 5.56 Å². The number of aromatic nitrogens is 3. The number of hydrogen-bond acceptors (Lipinski definition) is 3. The summed E-state index contributed by atoms with van der Waals surface area (Å²) in [5.74, 6) is 0. The summed E-state index contributed by atoms with van der Waals surface area (Å²) in [5, 5.41) is 4.68. The van der Waals surface area contributed by atoms with Gasteiger partial charge in [0.05, 0.1) is 17.1 Å². The van der Waals surface area contributed by atoms with Gasteiger partial charge in [-0.3, -0.25) is 4.98 Å². The first kappa shape index (κ1) is 14.5. The quantitative estimate of drug-likeness (QED) is 0.805. The van der Waals surface area contributed by atoms with E-state index in [9.17, 15) is 0 Å². The van der Waals surface area contributed by atoms with Gasteiger partial charge >= 0.3 is 0 Å². The average Bonchev–Trinajstić information content (AvgIpc) is 2.97. The Labute approximate surface area is 130 Å². The second-order valence-corrected chi connectivity index (χ2v) is 5.55. The van der Waals surface area contributed by atoms with Crippen LogP contribution in [-0.4, -0.2) is 14.8 Å². The molecule has 0 atom stereocenters. The SMILES string of the molecule is Cc1ccc(-n2ccc(-c3ccc(C)c(CN)c3)n2)c(C)n1. The summed E-state index contributed by atoms with van der Waals surface area (Å²) in [5.41, 5.74) is 13.2. The lowest BCUT2D eigenvalue weighted by Gasteiger charge is -2.07. The maximum absolute atomic E-state index is 5.79. The molecule has 0 aliphatic heterocycles. The zero-order chi connectivity index (χ0) is 15.7. The number of pyridine rings is 1. The van der Waals surface area contributed by atoms with Gasteiger partial charge in [0.2, 0.25) is 0 Å². The standard InChI is InChI=1S/C18H20N4/c1-12-4-6-15(10-16(12)11-19)17-8-9-22(21-17)18-7-5-13(2)20-14(18)3/h4-10H,11,19H2,1-3H3. The molecule has 3 rings (SSSR count). The molecule has 0 saturated carbocycles. The molecular weight excluding hydrogens is 272 g/mol. The average molecular weight is 292 g/mol. The van der Waals surface area contributed by atoms with Crippen molar-refractivity contribution in [2.24, 2.45) is 5.73 Å². The maximum atomic E-state index is 5.79. The van der Waals surface area contributed by atoms with Crippen molar-refractivity contribution in [1.82, 2.24) is 14.8 Å². The highest BCUT2D eigenvalue weighted by atomic mass is 15.3. The fourth-order valence-corrected chi connectivity index (χ4v) is 2.58. The summed E-state index contributed by atoms with van der Waals surface area (Å²) in [7, 11) is 0. The van der Waals surface area contributed by atoms with E-state index >= 15 is 0 Å². The van der Waals surface area contributed by atoms with E-state index in [0.717, 1.165) is 33.9 Å². The highest BCUT2D eigenvalue weighted by Gasteiger charge is 2.08. The van der Waals surface area contributed by atoms with E-state index < -0.39 is 0 Å². The lowest BCUT2D eigenvalue weighted by Crippen LogP contribution is -2.01. The number of nitrogens with two attached hydrogens (primary N) is 1. The van der Waals surface area contributed by atoms with E-state index in [2.05, 4.69) is 41.3 Å². The van der Waals surface area contributed by atoms with Crippen molar-refractivity contribution in [3.8, 4) is 16.9 Å². The van der Waals surface area contributed by atoms with Crippen molar-refractivity contribution in [3.05, 3.63) is 65.1 Å². The van der Waals surface area contributed by atoms with Crippen molar-refractivity contribution in [2.75, 3.05) is 0 Å². The summed E-state index contributed by atoms with van der Waals surface area (Å²) in [6, 6.07) is 12.4. The van der Waals surface area contributed by atoms with Gasteiger partial charge in [-0.15, -0.1) is 0 Å². The minimum Gasteiger partial charge on any atom is -0.326 e. The Bertz CT molecular complexity index is 818. The normalized spacial score (nSPS) is 10.9. The molecule has 4 nitrogen and oxygen atoms in total. The first-order chi connectivity index (χ1) is 10.6. The lowest BCUT2D eigenvalue weighted by molar-refractivity contribution is 0.861. The first-order valence-corrected chi connectivity index (χ1v) is 7.39. The third-order valence-electron chi connectivity index (χ3n) is 3.90. The fourth-order valence-electron chi connectivity index (χ4n) is 2.58. The van der Waals surface area contributed by atoms with Crippen LogP contribution in [0.3, 0.4) is 0 Å². The molecular formula is C18H20N4. The topological polar surface area (TPSA) is 56.7 Å². The zero-order valence-electron chi connectivity index (χ0n) is 13.2. The molecule has 0 aliphatic rings. The van der Waals surface area contributed by atoms with Crippen LogP contribution in [0.2, 0.25) is 0 Å². The van der Waals surface area contributed by atoms with Gasteiger partial charge in [0.25, 0.3) is 0 Å². The molecule has 0 fully saturated rings.